The van der Waals surface area contributed by atoms with Gasteiger partial charge >= 0.3 is 12.3 Å². The van der Waals surface area contributed by atoms with Gasteiger partial charge in [-0.15, -0.1) is 0 Å². The average Bonchev–Trinajstić information content (AvgIpc) is 3.14. The zero-order valence-electron chi connectivity index (χ0n) is 24.4. The van der Waals surface area contributed by atoms with Crippen molar-refractivity contribution in [1.29, 1.82) is 0 Å². The third kappa shape index (κ3) is 6.50. The van der Waals surface area contributed by atoms with E-state index >= 15 is 0 Å². The molecule has 0 N–H and O–H groups in total. The first-order valence-corrected chi connectivity index (χ1v) is 15.3. The van der Waals surface area contributed by atoms with Gasteiger partial charge in [-0.3, -0.25) is 9.21 Å². The number of hydrogen-bond donors (Lipinski definition) is 0. The van der Waals surface area contributed by atoms with Crippen LogP contribution in [-0.4, -0.2) is 52.4 Å². The maximum absolute atomic E-state index is 13.5. The Labute approximate surface area is 240 Å². The van der Waals surface area contributed by atoms with Crippen molar-refractivity contribution in [3.05, 3.63) is 64.2 Å². The zero-order valence-corrected chi connectivity index (χ0v) is 25.2. The standard InChI is InChI=1S/C30H37F3N2O5S/c1-18-12-20(14-22(13-18)30(31,32)33)27-19(2)35(28(36)40-27)17-21-16-29(3,4)11-10-24(21)25-15-23(8-9-26(25)39-6)34(5)41(7,37)38/h8-9,12-15,19,27H,10-11,16-17H2,1-7H3/t19-,27-/m0/s1. The number of nitrogens with zero attached hydrogens (tertiary/aromatic N) is 2. The number of hydrogen-bond acceptors (Lipinski definition) is 5. The summed E-state index contributed by atoms with van der Waals surface area (Å²) >= 11 is 0. The summed E-state index contributed by atoms with van der Waals surface area (Å²) < 4.78 is 77.5. The minimum Gasteiger partial charge on any atom is -0.496 e. The number of ether oxygens (including phenoxy) is 2. The molecule has 1 amide bonds. The first kappa shape index (κ1) is 30.7. The molecule has 2 aliphatic rings. The number of carbonyl (C=O) groups is 1. The van der Waals surface area contributed by atoms with E-state index in [4.69, 9.17) is 9.47 Å². The average molecular weight is 595 g/mol. The number of amides is 1. The van der Waals surface area contributed by atoms with Crippen LogP contribution in [0.3, 0.4) is 0 Å². The quantitative estimate of drug-likeness (QED) is 0.346. The summed E-state index contributed by atoms with van der Waals surface area (Å²) in [6, 6.07) is 8.42. The lowest BCUT2D eigenvalue weighted by molar-refractivity contribution is -0.137. The maximum atomic E-state index is 13.5. The van der Waals surface area contributed by atoms with Gasteiger partial charge in [-0.1, -0.05) is 25.5 Å². The Morgan fingerprint density at radius 2 is 1.85 bits per heavy atom. The number of aryl methyl sites for hydroxylation is 1. The highest BCUT2D eigenvalue weighted by Gasteiger charge is 2.42. The normalized spacial score (nSPS) is 21.2. The second-order valence-electron chi connectivity index (χ2n) is 11.8. The minimum absolute atomic E-state index is 0.0579. The SMILES string of the molecule is COc1ccc(N(C)S(C)(=O)=O)cc1C1=C(CN2C(=O)O[C@H](c3cc(C)cc(C(F)(F)F)c3)[C@@H]2C)CC(C)(C)CC1. The van der Waals surface area contributed by atoms with E-state index in [1.807, 2.05) is 0 Å². The number of carbonyl (C=O) groups excluding carboxylic acids is 1. The fourth-order valence-electron chi connectivity index (χ4n) is 5.71. The van der Waals surface area contributed by atoms with Gasteiger partial charge < -0.3 is 9.47 Å². The fraction of sp³-hybridized carbons (Fsp3) is 0.500. The Morgan fingerprint density at radius 1 is 1.17 bits per heavy atom. The van der Waals surface area contributed by atoms with Crippen LogP contribution in [0.15, 0.2) is 42.0 Å². The third-order valence-corrected chi connectivity index (χ3v) is 9.25. The highest BCUT2D eigenvalue weighted by Crippen LogP contribution is 2.46. The van der Waals surface area contributed by atoms with E-state index in [2.05, 4.69) is 13.8 Å². The van der Waals surface area contributed by atoms with Crippen molar-refractivity contribution in [3.8, 4) is 5.75 Å². The number of sulfonamides is 1. The molecule has 1 fully saturated rings. The zero-order chi connectivity index (χ0) is 30.5. The number of allylic oxidation sites excluding steroid dienone is 1. The van der Waals surface area contributed by atoms with Crippen molar-refractivity contribution in [3.63, 3.8) is 0 Å². The monoisotopic (exact) mass is 594 g/mol. The van der Waals surface area contributed by atoms with Gasteiger partial charge in [-0.2, -0.15) is 13.2 Å². The van der Waals surface area contributed by atoms with Gasteiger partial charge in [0, 0.05) is 19.2 Å². The molecule has 2 atom stereocenters. The molecule has 1 heterocycles. The van der Waals surface area contributed by atoms with E-state index in [-0.39, 0.29) is 12.0 Å². The molecule has 0 radical (unpaired) electrons. The predicted octanol–water partition coefficient (Wildman–Crippen LogP) is 6.96. The Balaban J connectivity index is 1.74. The second-order valence-corrected chi connectivity index (χ2v) is 13.9. The largest absolute Gasteiger partial charge is 0.496 e. The molecule has 224 valence electrons. The first-order valence-electron chi connectivity index (χ1n) is 13.4. The van der Waals surface area contributed by atoms with Crippen molar-refractivity contribution < 1.29 is 35.9 Å². The lowest BCUT2D eigenvalue weighted by Crippen LogP contribution is -2.35. The number of halogens is 3. The van der Waals surface area contributed by atoms with Crippen molar-refractivity contribution in [2.75, 3.05) is 31.3 Å². The Bertz CT molecular complexity index is 1480. The molecule has 1 saturated heterocycles. The van der Waals surface area contributed by atoms with Crippen LogP contribution in [0.25, 0.3) is 5.57 Å². The van der Waals surface area contributed by atoms with E-state index in [9.17, 15) is 26.4 Å². The molecule has 1 aliphatic heterocycles. The van der Waals surface area contributed by atoms with Crippen LogP contribution in [0.1, 0.15) is 68.4 Å². The van der Waals surface area contributed by atoms with Crippen LogP contribution >= 0.6 is 0 Å². The first-order chi connectivity index (χ1) is 18.9. The van der Waals surface area contributed by atoms with Crippen molar-refractivity contribution >= 4 is 27.4 Å². The lowest BCUT2D eigenvalue weighted by Gasteiger charge is -2.36. The number of anilines is 1. The summed E-state index contributed by atoms with van der Waals surface area (Å²) in [5.74, 6) is 0.581. The van der Waals surface area contributed by atoms with E-state index < -0.39 is 40.0 Å². The molecule has 0 unspecified atom stereocenters. The van der Waals surface area contributed by atoms with Crippen molar-refractivity contribution in [2.24, 2.45) is 5.41 Å². The van der Waals surface area contributed by atoms with Crippen LogP contribution in [0, 0.1) is 12.3 Å². The fourth-order valence-corrected chi connectivity index (χ4v) is 6.21. The van der Waals surface area contributed by atoms with E-state index in [0.717, 1.165) is 41.5 Å². The predicted molar refractivity (Wildman–Crippen MR) is 152 cm³/mol. The lowest BCUT2D eigenvalue weighted by atomic mass is 9.72. The second kappa shape index (κ2) is 10.9. The van der Waals surface area contributed by atoms with Crippen LogP contribution < -0.4 is 9.04 Å². The van der Waals surface area contributed by atoms with Gasteiger partial charge in [0.2, 0.25) is 10.0 Å². The molecule has 11 heteroatoms. The van der Waals surface area contributed by atoms with E-state index in [1.54, 1.807) is 50.1 Å². The molecule has 0 spiro atoms. The molecule has 4 rings (SSSR count). The summed E-state index contributed by atoms with van der Waals surface area (Å²) in [5, 5.41) is 0. The van der Waals surface area contributed by atoms with E-state index in [0.29, 0.717) is 35.4 Å². The molecule has 2 aromatic rings. The Kier molecular flexibility index (Phi) is 8.16. The van der Waals surface area contributed by atoms with Crippen molar-refractivity contribution in [1.82, 2.24) is 4.90 Å². The smallest absolute Gasteiger partial charge is 0.416 e. The molecule has 2 aromatic carbocycles. The van der Waals surface area contributed by atoms with Crippen LogP contribution in [-0.2, 0) is 20.9 Å². The van der Waals surface area contributed by atoms with Gasteiger partial charge in [0.15, 0.2) is 0 Å². The maximum Gasteiger partial charge on any atom is 0.416 e. The molecular formula is C30H37F3N2O5S. The van der Waals surface area contributed by atoms with Gasteiger partial charge in [0.1, 0.15) is 11.9 Å². The Morgan fingerprint density at radius 3 is 2.46 bits per heavy atom. The molecule has 41 heavy (non-hydrogen) atoms. The molecule has 7 nitrogen and oxygen atoms in total. The molecule has 0 saturated carbocycles. The molecule has 0 aromatic heterocycles. The topological polar surface area (TPSA) is 76.2 Å². The summed E-state index contributed by atoms with van der Waals surface area (Å²) in [5.41, 5.74) is 3.06. The summed E-state index contributed by atoms with van der Waals surface area (Å²) in [6.45, 7) is 7.88. The summed E-state index contributed by atoms with van der Waals surface area (Å²) in [4.78, 5) is 14.7. The highest BCUT2D eigenvalue weighted by atomic mass is 32.2. The molecular weight excluding hydrogens is 557 g/mol. The molecule has 1 aliphatic carbocycles. The third-order valence-electron chi connectivity index (χ3n) is 8.05. The number of alkyl halides is 3. The van der Waals surface area contributed by atoms with Gasteiger partial charge in [0.05, 0.1) is 30.7 Å². The Hall–Kier alpha value is -3.21. The highest BCUT2D eigenvalue weighted by molar-refractivity contribution is 7.92. The summed E-state index contributed by atoms with van der Waals surface area (Å²) in [7, 11) is -0.467. The number of methoxy groups -OCH3 is 1. The number of rotatable bonds is 7. The minimum atomic E-state index is -4.52. The molecule has 0 bridgehead atoms. The van der Waals surface area contributed by atoms with Crippen LogP contribution in [0.5, 0.6) is 5.75 Å². The van der Waals surface area contributed by atoms with E-state index in [1.165, 1.54) is 11.4 Å². The van der Waals surface area contributed by atoms with Crippen molar-refractivity contribution in [2.45, 2.75) is 65.3 Å². The number of cyclic esters (lactones) is 1. The van der Waals surface area contributed by atoms with Gasteiger partial charge in [0.25, 0.3) is 0 Å². The van der Waals surface area contributed by atoms with Crippen LogP contribution in [0.2, 0.25) is 0 Å². The summed E-state index contributed by atoms with van der Waals surface area (Å²) in [6.07, 6.45) is -2.62. The number of benzene rings is 2. The van der Waals surface area contributed by atoms with Crippen LogP contribution in [0.4, 0.5) is 23.7 Å². The van der Waals surface area contributed by atoms with Gasteiger partial charge in [-0.25, -0.2) is 13.2 Å². The van der Waals surface area contributed by atoms with Gasteiger partial charge in [-0.05, 0) is 85.6 Å².